The standard InChI is InChI=1S/C13H18FNO/c1-16-10-4-5-11(12(14)8-10)13(9-15)6-2-3-7-13/h4-5,8H,2-3,6-7,9,15H2,1H3. The van der Waals surface area contributed by atoms with Crippen LogP contribution in [0.25, 0.3) is 0 Å². The lowest BCUT2D eigenvalue weighted by Crippen LogP contribution is -2.33. The number of rotatable bonds is 3. The first-order chi connectivity index (χ1) is 7.72. The summed E-state index contributed by atoms with van der Waals surface area (Å²) in [5.74, 6) is 0.373. The Kier molecular flexibility index (Phi) is 3.15. The Hall–Kier alpha value is -1.09. The van der Waals surface area contributed by atoms with E-state index in [-0.39, 0.29) is 11.2 Å². The number of benzene rings is 1. The van der Waals surface area contributed by atoms with E-state index in [9.17, 15) is 4.39 Å². The highest BCUT2D eigenvalue weighted by Crippen LogP contribution is 2.41. The fourth-order valence-electron chi connectivity index (χ4n) is 2.69. The van der Waals surface area contributed by atoms with Gasteiger partial charge in [-0.1, -0.05) is 18.9 Å². The van der Waals surface area contributed by atoms with Crippen LogP contribution >= 0.6 is 0 Å². The van der Waals surface area contributed by atoms with Gasteiger partial charge >= 0.3 is 0 Å². The van der Waals surface area contributed by atoms with E-state index in [4.69, 9.17) is 10.5 Å². The van der Waals surface area contributed by atoms with Crippen molar-refractivity contribution >= 4 is 0 Å². The lowest BCUT2D eigenvalue weighted by atomic mass is 9.78. The Morgan fingerprint density at radius 3 is 2.56 bits per heavy atom. The second-order valence-corrected chi connectivity index (χ2v) is 4.54. The maximum atomic E-state index is 14.0. The Labute approximate surface area is 95.6 Å². The molecule has 3 heteroatoms. The number of hydrogen-bond acceptors (Lipinski definition) is 2. The largest absolute Gasteiger partial charge is 0.497 e. The summed E-state index contributed by atoms with van der Waals surface area (Å²) in [5, 5.41) is 0. The van der Waals surface area contributed by atoms with Gasteiger partial charge in [-0.25, -0.2) is 4.39 Å². The van der Waals surface area contributed by atoms with E-state index in [1.54, 1.807) is 7.11 Å². The molecule has 0 aromatic heterocycles. The van der Waals surface area contributed by atoms with Crippen molar-refractivity contribution in [1.29, 1.82) is 0 Å². The summed E-state index contributed by atoms with van der Waals surface area (Å²) in [6.45, 7) is 0.524. The third-order valence-corrected chi connectivity index (χ3v) is 3.70. The first kappa shape index (κ1) is 11.4. The highest BCUT2D eigenvalue weighted by molar-refractivity contribution is 5.35. The van der Waals surface area contributed by atoms with Gasteiger partial charge in [-0.15, -0.1) is 0 Å². The lowest BCUT2D eigenvalue weighted by Gasteiger charge is -2.28. The predicted octanol–water partition coefficient (Wildman–Crippen LogP) is 2.60. The van der Waals surface area contributed by atoms with E-state index < -0.39 is 0 Å². The van der Waals surface area contributed by atoms with Gasteiger partial charge in [-0.3, -0.25) is 0 Å². The van der Waals surface area contributed by atoms with Gasteiger partial charge in [0, 0.05) is 18.0 Å². The van der Waals surface area contributed by atoms with Crippen LogP contribution < -0.4 is 10.5 Å². The molecule has 1 saturated carbocycles. The van der Waals surface area contributed by atoms with Crippen molar-refractivity contribution in [2.24, 2.45) is 5.73 Å². The molecule has 0 unspecified atom stereocenters. The molecule has 1 aromatic carbocycles. The van der Waals surface area contributed by atoms with Crippen molar-refractivity contribution in [2.45, 2.75) is 31.1 Å². The molecule has 0 heterocycles. The highest BCUT2D eigenvalue weighted by atomic mass is 19.1. The van der Waals surface area contributed by atoms with Crippen molar-refractivity contribution in [3.63, 3.8) is 0 Å². The average molecular weight is 223 g/mol. The van der Waals surface area contributed by atoms with Crippen molar-refractivity contribution in [2.75, 3.05) is 13.7 Å². The highest BCUT2D eigenvalue weighted by Gasteiger charge is 2.36. The molecular weight excluding hydrogens is 205 g/mol. The van der Waals surface area contributed by atoms with Crippen LogP contribution in [0.1, 0.15) is 31.2 Å². The zero-order valence-electron chi connectivity index (χ0n) is 9.63. The average Bonchev–Trinajstić information content (AvgIpc) is 2.78. The molecule has 2 N–H and O–H groups in total. The molecule has 0 atom stereocenters. The van der Waals surface area contributed by atoms with Crippen molar-refractivity contribution in [3.05, 3.63) is 29.6 Å². The minimum atomic E-state index is -0.188. The van der Waals surface area contributed by atoms with Crippen LogP contribution in [0.3, 0.4) is 0 Å². The van der Waals surface area contributed by atoms with Gasteiger partial charge in [0.2, 0.25) is 0 Å². The monoisotopic (exact) mass is 223 g/mol. The van der Waals surface area contributed by atoms with Gasteiger partial charge in [0.05, 0.1) is 7.11 Å². The number of hydrogen-bond donors (Lipinski definition) is 1. The van der Waals surface area contributed by atoms with Crippen LogP contribution in [0, 0.1) is 5.82 Å². The van der Waals surface area contributed by atoms with Crippen LogP contribution in [0.4, 0.5) is 4.39 Å². The zero-order valence-corrected chi connectivity index (χ0v) is 9.63. The molecular formula is C13H18FNO. The first-order valence-electron chi connectivity index (χ1n) is 5.76. The van der Waals surface area contributed by atoms with E-state index in [0.29, 0.717) is 12.3 Å². The Balaban J connectivity index is 2.38. The molecule has 88 valence electrons. The molecule has 16 heavy (non-hydrogen) atoms. The summed E-state index contributed by atoms with van der Waals surface area (Å²) in [4.78, 5) is 0. The molecule has 0 amide bonds. The van der Waals surface area contributed by atoms with E-state index >= 15 is 0 Å². The molecule has 1 aromatic rings. The van der Waals surface area contributed by atoms with Crippen LogP contribution in [0.5, 0.6) is 5.75 Å². The third-order valence-electron chi connectivity index (χ3n) is 3.70. The van der Waals surface area contributed by atoms with Crippen LogP contribution in [-0.2, 0) is 5.41 Å². The molecule has 0 bridgehead atoms. The number of halogens is 1. The first-order valence-corrected chi connectivity index (χ1v) is 5.76. The fourth-order valence-corrected chi connectivity index (χ4v) is 2.69. The summed E-state index contributed by atoms with van der Waals surface area (Å²) < 4.78 is 19.0. The Morgan fingerprint density at radius 2 is 2.06 bits per heavy atom. The maximum Gasteiger partial charge on any atom is 0.130 e. The topological polar surface area (TPSA) is 35.2 Å². The van der Waals surface area contributed by atoms with E-state index in [1.165, 1.54) is 6.07 Å². The molecule has 0 radical (unpaired) electrons. The maximum absolute atomic E-state index is 14.0. The van der Waals surface area contributed by atoms with Gasteiger partial charge in [0.15, 0.2) is 0 Å². The quantitative estimate of drug-likeness (QED) is 0.854. The van der Waals surface area contributed by atoms with Crippen molar-refractivity contribution in [3.8, 4) is 5.75 Å². The Morgan fingerprint density at radius 1 is 1.38 bits per heavy atom. The SMILES string of the molecule is COc1ccc(C2(CN)CCCC2)c(F)c1. The van der Waals surface area contributed by atoms with Gasteiger partial charge in [-0.05, 0) is 24.5 Å². The van der Waals surface area contributed by atoms with Gasteiger partial charge < -0.3 is 10.5 Å². The van der Waals surface area contributed by atoms with Crippen LogP contribution in [-0.4, -0.2) is 13.7 Å². The van der Waals surface area contributed by atoms with Crippen molar-refractivity contribution < 1.29 is 9.13 Å². The smallest absolute Gasteiger partial charge is 0.130 e. The molecule has 0 aliphatic heterocycles. The normalized spacial score (nSPS) is 18.7. The van der Waals surface area contributed by atoms with E-state index in [0.717, 1.165) is 31.2 Å². The summed E-state index contributed by atoms with van der Waals surface area (Å²) in [5.41, 5.74) is 6.46. The van der Waals surface area contributed by atoms with Crippen molar-refractivity contribution in [1.82, 2.24) is 0 Å². The summed E-state index contributed by atoms with van der Waals surface area (Å²) >= 11 is 0. The fraction of sp³-hybridized carbons (Fsp3) is 0.538. The minimum Gasteiger partial charge on any atom is -0.497 e. The Bertz CT molecular complexity index is 372. The van der Waals surface area contributed by atoms with Gasteiger partial charge in [-0.2, -0.15) is 0 Å². The minimum absolute atomic E-state index is 0.143. The second kappa shape index (κ2) is 4.42. The molecule has 1 aliphatic carbocycles. The molecule has 0 spiro atoms. The van der Waals surface area contributed by atoms with Crippen LogP contribution in [0.15, 0.2) is 18.2 Å². The summed E-state index contributed by atoms with van der Waals surface area (Å²) in [6.07, 6.45) is 4.27. The molecule has 2 rings (SSSR count). The predicted molar refractivity (Wildman–Crippen MR) is 62.2 cm³/mol. The number of ether oxygens (including phenoxy) is 1. The van der Waals surface area contributed by atoms with E-state index in [2.05, 4.69) is 0 Å². The van der Waals surface area contributed by atoms with E-state index in [1.807, 2.05) is 12.1 Å². The number of nitrogens with two attached hydrogens (primary N) is 1. The lowest BCUT2D eigenvalue weighted by molar-refractivity contribution is 0.400. The molecule has 0 saturated heterocycles. The van der Waals surface area contributed by atoms with Gasteiger partial charge in [0.1, 0.15) is 11.6 Å². The summed E-state index contributed by atoms with van der Waals surface area (Å²) in [6, 6.07) is 5.09. The third kappa shape index (κ3) is 1.80. The molecule has 1 aliphatic rings. The molecule has 2 nitrogen and oxygen atoms in total. The van der Waals surface area contributed by atoms with Gasteiger partial charge in [0.25, 0.3) is 0 Å². The second-order valence-electron chi connectivity index (χ2n) is 4.54. The van der Waals surface area contributed by atoms with Crippen LogP contribution in [0.2, 0.25) is 0 Å². The number of methoxy groups -OCH3 is 1. The molecule has 1 fully saturated rings. The zero-order chi connectivity index (χ0) is 11.6. The summed E-state index contributed by atoms with van der Waals surface area (Å²) in [7, 11) is 1.54.